The van der Waals surface area contributed by atoms with Crippen molar-refractivity contribution >= 4 is 5.78 Å². The Morgan fingerprint density at radius 2 is 1.95 bits per heavy atom. The quantitative estimate of drug-likeness (QED) is 0.804. The molecule has 2 aromatic rings. The predicted molar refractivity (Wildman–Crippen MR) is 60.0 cm³/mol. The van der Waals surface area contributed by atoms with Crippen LogP contribution in [-0.4, -0.2) is 32.4 Å². The van der Waals surface area contributed by atoms with Crippen molar-refractivity contribution in [2.24, 2.45) is 0 Å². The Hall–Kier alpha value is -2.45. The topological polar surface area (TPSA) is 69.9 Å². The molecular weight excluding hydrogens is 277 g/mol. The Bertz CT molecular complexity index is 581. The van der Waals surface area contributed by atoms with E-state index < -0.39 is 12.4 Å². The molecule has 0 radical (unpaired) electrons. The number of hydrogen-bond donors (Lipinski definition) is 0. The van der Waals surface area contributed by atoms with Crippen LogP contribution < -0.4 is 4.74 Å². The van der Waals surface area contributed by atoms with Gasteiger partial charge >= 0.3 is 6.36 Å². The molecule has 6 nitrogen and oxygen atoms in total. The second kappa shape index (κ2) is 5.27. The zero-order valence-corrected chi connectivity index (χ0v) is 10.2. The Kier molecular flexibility index (Phi) is 3.68. The monoisotopic (exact) mass is 286 g/mol. The molecule has 1 unspecified atom stereocenters. The third-order valence-electron chi connectivity index (χ3n) is 2.46. The van der Waals surface area contributed by atoms with Crippen LogP contribution in [0.4, 0.5) is 13.2 Å². The molecule has 1 aromatic heterocycles. The molecule has 0 N–H and O–H groups in total. The summed E-state index contributed by atoms with van der Waals surface area (Å²) in [6.07, 6.45) is -3.58. The van der Waals surface area contributed by atoms with Gasteiger partial charge in [0, 0.05) is 5.56 Å². The summed E-state index contributed by atoms with van der Waals surface area (Å²) in [6, 6.07) is 3.94. The van der Waals surface area contributed by atoms with Crippen molar-refractivity contribution in [1.29, 1.82) is 0 Å². The number of ether oxygens (including phenoxy) is 1. The fraction of sp³-hybridized carbons (Fsp3) is 0.273. The highest BCUT2D eigenvalue weighted by Gasteiger charge is 2.31. The smallest absolute Gasteiger partial charge is 0.406 e. The number of carbonyl (C=O) groups excluding carboxylic acids is 1. The van der Waals surface area contributed by atoms with Crippen molar-refractivity contribution in [3.63, 3.8) is 0 Å². The van der Waals surface area contributed by atoms with Gasteiger partial charge in [-0.25, -0.2) is 0 Å². The summed E-state index contributed by atoms with van der Waals surface area (Å²) in [5.41, 5.74) is 0.226. The largest absolute Gasteiger partial charge is 0.573 e. The zero-order valence-electron chi connectivity index (χ0n) is 10.2. The summed E-state index contributed by atoms with van der Waals surface area (Å²) in [5, 5.41) is 10.8. The number of benzene rings is 1. The summed E-state index contributed by atoms with van der Waals surface area (Å²) in [5.74, 6) is -0.734. The van der Waals surface area contributed by atoms with Gasteiger partial charge in [0.2, 0.25) is 0 Å². The maximum absolute atomic E-state index is 12.0. The minimum atomic E-state index is -4.76. The second-order valence-electron chi connectivity index (χ2n) is 3.87. The Labute approximate surface area is 111 Å². The van der Waals surface area contributed by atoms with Crippen molar-refractivity contribution in [3.8, 4) is 5.75 Å². The second-order valence-corrected chi connectivity index (χ2v) is 3.87. The minimum Gasteiger partial charge on any atom is -0.406 e. The molecule has 0 spiro atoms. The van der Waals surface area contributed by atoms with Gasteiger partial charge in [0.15, 0.2) is 12.1 Å². The van der Waals surface area contributed by atoms with E-state index in [1.165, 1.54) is 18.5 Å². The first-order valence-electron chi connectivity index (χ1n) is 5.49. The number of ketones is 1. The number of hydrogen-bond acceptors (Lipinski definition) is 5. The van der Waals surface area contributed by atoms with E-state index in [0.29, 0.717) is 0 Å². The number of tetrazole rings is 1. The van der Waals surface area contributed by atoms with Crippen LogP contribution >= 0.6 is 0 Å². The van der Waals surface area contributed by atoms with E-state index in [-0.39, 0.29) is 17.1 Å². The van der Waals surface area contributed by atoms with Crippen LogP contribution in [0, 0.1) is 0 Å². The summed E-state index contributed by atoms with van der Waals surface area (Å²) >= 11 is 0. The van der Waals surface area contributed by atoms with Crippen molar-refractivity contribution in [2.45, 2.75) is 19.3 Å². The summed E-state index contributed by atoms with van der Waals surface area (Å²) in [7, 11) is 0. The minimum absolute atomic E-state index is 0.226. The Morgan fingerprint density at radius 1 is 1.30 bits per heavy atom. The van der Waals surface area contributed by atoms with Crippen LogP contribution in [0.1, 0.15) is 23.3 Å². The average Bonchev–Trinajstić information content (AvgIpc) is 2.90. The molecule has 9 heteroatoms. The van der Waals surface area contributed by atoms with E-state index >= 15 is 0 Å². The van der Waals surface area contributed by atoms with Crippen molar-refractivity contribution < 1.29 is 22.7 Å². The SMILES string of the molecule is CC(C(=O)c1ccc(OC(F)(F)F)cc1)n1ncnn1. The lowest BCUT2D eigenvalue weighted by Crippen LogP contribution is -2.19. The molecule has 20 heavy (non-hydrogen) atoms. The molecular formula is C11H9F3N4O2. The number of aromatic nitrogens is 4. The molecule has 0 saturated heterocycles. The normalized spacial score (nSPS) is 13.0. The number of nitrogens with zero attached hydrogens (tertiary/aromatic N) is 4. The molecule has 1 atom stereocenters. The van der Waals surface area contributed by atoms with Gasteiger partial charge in [-0.2, -0.15) is 4.80 Å². The van der Waals surface area contributed by atoms with E-state index in [2.05, 4.69) is 20.1 Å². The lowest BCUT2D eigenvalue weighted by atomic mass is 10.1. The third-order valence-corrected chi connectivity index (χ3v) is 2.46. The first-order valence-corrected chi connectivity index (χ1v) is 5.49. The zero-order chi connectivity index (χ0) is 14.8. The van der Waals surface area contributed by atoms with Gasteiger partial charge in [-0.1, -0.05) is 0 Å². The molecule has 2 rings (SSSR count). The molecule has 1 aromatic carbocycles. The van der Waals surface area contributed by atoms with Crippen LogP contribution in [0.25, 0.3) is 0 Å². The number of Topliss-reactive ketones (excluding diaryl/α,β-unsaturated/α-hetero) is 1. The van der Waals surface area contributed by atoms with Crippen LogP contribution in [-0.2, 0) is 0 Å². The van der Waals surface area contributed by atoms with Crippen LogP contribution in [0.3, 0.4) is 0 Å². The van der Waals surface area contributed by atoms with Gasteiger partial charge in [-0.15, -0.1) is 23.4 Å². The molecule has 0 aliphatic carbocycles. The van der Waals surface area contributed by atoms with E-state index in [1.807, 2.05) is 0 Å². The molecule has 1 heterocycles. The van der Waals surface area contributed by atoms with Crippen molar-refractivity contribution in [3.05, 3.63) is 36.2 Å². The highest BCUT2D eigenvalue weighted by molar-refractivity contribution is 5.98. The lowest BCUT2D eigenvalue weighted by molar-refractivity contribution is -0.274. The number of halogens is 3. The van der Waals surface area contributed by atoms with E-state index in [1.54, 1.807) is 6.92 Å². The first kappa shape index (κ1) is 14.0. The number of carbonyl (C=O) groups is 1. The maximum Gasteiger partial charge on any atom is 0.573 e. The fourth-order valence-corrected chi connectivity index (χ4v) is 1.52. The number of rotatable bonds is 4. The van der Waals surface area contributed by atoms with Gasteiger partial charge in [0.1, 0.15) is 11.8 Å². The predicted octanol–water partition coefficient (Wildman–Crippen LogP) is 2.02. The molecule has 0 aliphatic rings. The average molecular weight is 286 g/mol. The summed E-state index contributed by atoms with van der Waals surface area (Å²) < 4.78 is 39.7. The Balaban J connectivity index is 2.12. The highest BCUT2D eigenvalue weighted by atomic mass is 19.4. The van der Waals surface area contributed by atoms with E-state index in [9.17, 15) is 18.0 Å². The van der Waals surface area contributed by atoms with Crippen LogP contribution in [0.5, 0.6) is 5.75 Å². The molecule has 0 amide bonds. The Morgan fingerprint density at radius 3 is 2.45 bits per heavy atom. The highest BCUT2D eigenvalue weighted by Crippen LogP contribution is 2.23. The summed E-state index contributed by atoms with van der Waals surface area (Å²) in [4.78, 5) is 13.2. The fourth-order valence-electron chi connectivity index (χ4n) is 1.52. The van der Waals surface area contributed by atoms with Gasteiger partial charge in [-0.05, 0) is 36.4 Å². The van der Waals surface area contributed by atoms with Gasteiger partial charge in [0.05, 0.1) is 0 Å². The van der Waals surface area contributed by atoms with E-state index in [4.69, 9.17) is 0 Å². The van der Waals surface area contributed by atoms with E-state index in [0.717, 1.165) is 16.9 Å². The summed E-state index contributed by atoms with van der Waals surface area (Å²) in [6.45, 7) is 1.56. The molecule has 0 saturated carbocycles. The maximum atomic E-state index is 12.0. The van der Waals surface area contributed by atoms with Gasteiger partial charge in [-0.3, -0.25) is 4.79 Å². The van der Waals surface area contributed by atoms with Crippen LogP contribution in [0.15, 0.2) is 30.6 Å². The van der Waals surface area contributed by atoms with Crippen molar-refractivity contribution in [2.75, 3.05) is 0 Å². The molecule has 0 bridgehead atoms. The van der Waals surface area contributed by atoms with Crippen molar-refractivity contribution in [1.82, 2.24) is 20.2 Å². The van der Waals surface area contributed by atoms with Gasteiger partial charge in [0.25, 0.3) is 0 Å². The standard InChI is InChI=1S/C11H9F3N4O2/c1-7(18-16-6-15-17-18)10(19)8-2-4-9(5-3-8)20-11(12,13)14/h2-7H,1H3. The third kappa shape index (κ3) is 3.31. The molecule has 106 valence electrons. The first-order chi connectivity index (χ1) is 9.37. The number of alkyl halides is 3. The van der Waals surface area contributed by atoms with Gasteiger partial charge < -0.3 is 4.74 Å². The molecule has 0 fully saturated rings. The lowest BCUT2D eigenvalue weighted by Gasteiger charge is -2.11. The van der Waals surface area contributed by atoms with Crippen LogP contribution in [0.2, 0.25) is 0 Å². The molecule has 0 aliphatic heterocycles.